The number of aryl methyl sites for hydroxylation is 1. The van der Waals surface area contributed by atoms with E-state index in [9.17, 15) is 4.79 Å². The van der Waals surface area contributed by atoms with E-state index in [-0.39, 0.29) is 23.9 Å². The van der Waals surface area contributed by atoms with Gasteiger partial charge < -0.3 is 14.0 Å². The SMILES string of the molecule is Cc1ccc(CN([C]2[CH][CH][CH][CH]2)C(=O)OCc2ccc(B3OC(C)(C)C(C)(C)O3)cc2)cc1. The Bertz CT molecular complexity index is 933. The lowest BCUT2D eigenvalue weighted by molar-refractivity contribution is 0.00578. The van der Waals surface area contributed by atoms with E-state index < -0.39 is 7.12 Å². The molecule has 6 heteroatoms. The van der Waals surface area contributed by atoms with Crippen molar-refractivity contribution in [2.45, 2.75) is 59.0 Å². The van der Waals surface area contributed by atoms with Gasteiger partial charge in [0.25, 0.3) is 0 Å². The molecule has 33 heavy (non-hydrogen) atoms. The second-order valence-electron chi connectivity index (χ2n) is 9.60. The first-order valence-corrected chi connectivity index (χ1v) is 11.3. The lowest BCUT2D eigenvalue weighted by atomic mass is 9.79. The number of benzene rings is 2. The van der Waals surface area contributed by atoms with Crippen LogP contribution < -0.4 is 5.46 Å². The molecule has 1 heterocycles. The van der Waals surface area contributed by atoms with E-state index in [0.29, 0.717) is 6.54 Å². The number of amides is 1. The third-order valence-electron chi connectivity index (χ3n) is 6.51. The number of rotatable bonds is 6. The molecule has 0 bridgehead atoms. The topological polar surface area (TPSA) is 48.0 Å². The van der Waals surface area contributed by atoms with E-state index in [2.05, 4.69) is 0 Å². The smallest absolute Gasteiger partial charge is 0.445 e. The lowest BCUT2D eigenvalue weighted by Crippen LogP contribution is -2.41. The Labute approximate surface area is 198 Å². The predicted octanol–water partition coefficient (Wildman–Crippen LogP) is 4.80. The molecule has 2 fully saturated rings. The summed E-state index contributed by atoms with van der Waals surface area (Å²) < 4.78 is 17.9. The zero-order valence-corrected chi connectivity index (χ0v) is 20.0. The largest absolute Gasteiger partial charge is 0.494 e. The van der Waals surface area contributed by atoms with Gasteiger partial charge in [0, 0.05) is 6.54 Å². The first-order valence-electron chi connectivity index (χ1n) is 11.3. The van der Waals surface area contributed by atoms with Gasteiger partial charge in [-0.15, -0.1) is 0 Å². The third-order valence-corrected chi connectivity index (χ3v) is 6.51. The molecule has 0 N–H and O–H groups in total. The van der Waals surface area contributed by atoms with Crippen molar-refractivity contribution < 1.29 is 18.8 Å². The van der Waals surface area contributed by atoms with Gasteiger partial charge >= 0.3 is 13.2 Å². The molecular formula is C27H31BNO4. The van der Waals surface area contributed by atoms with Crippen LogP contribution in [0.25, 0.3) is 0 Å². The van der Waals surface area contributed by atoms with Gasteiger partial charge in [-0.05, 0) is 76.9 Å². The average molecular weight is 444 g/mol. The molecule has 2 aromatic carbocycles. The summed E-state index contributed by atoms with van der Waals surface area (Å²) >= 11 is 0. The van der Waals surface area contributed by atoms with Gasteiger partial charge in [0.05, 0.1) is 17.2 Å². The molecule has 1 aliphatic heterocycles. The third kappa shape index (κ3) is 5.44. The standard InChI is InChI=1S/C27H31BNO4/c1-20-10-12-21(13-11-20)18-29(24-8-6-7-9-24)25(30)31-19-22-14-16-23(17-15-22)28-32-26(2,3)27(4,5)33-28/h6-17H,18-19H2,1-5H3. The predicted molar refractivity (Wildman–Crippen MR) is 130 cm³/mol. The molecule has 5 radical (unpaired) electrons. The van der Waals surface area contributed by atoms with E-state index >= 15 is 0 Å². The molecule has 1 saturated heterocycles. The number of ether oxygens (including phenoxy) is 1. The van der Waals surface area contributed by atoms with Crippen LogP contribution in [0.4, 0.5) is 4.79 Å². The summed E-state index contributed by atoms with van der Waals surface area (Å²) in [6.07, 6.45) is 7.28. The van der Waals surface area contributed by atoms with Crippen molar-refractivity contribution in [3.63, 3.8) is 0 Å². The minimum absolute atomic E-state index is 0.188. The lowest BCUT2D eigenvalue weighted by Gasteiger charge is -2.32. The first kappa shape index (κ1) is 23.8. The van der Waals surface area contributed by atoms with E-state index in [0.717, 1.165) is 22.6 Å². The summed E-state index contributed by atoms with van der Waals surface area (Å²) in [6, 6.07) is 16.8. The Morgan fingerprint density at radius 1 is 0.879 bits per heavy atom. The van der Waals surface area contributed by atoms with Crippen molar-refractivity contribution in [1.82, 2.24) is 4.90 Å². The zero-order chi connectivity index (χ0) is 23.6. The van der Waals surface area contributed by atoms with E-state index in [1.54, 1.807) is 4.90 Å². The molecule has 1 aliphatic carbocycles. The van der Waals surface area contributed by atoms with E-state index in [4.69, 9.17) is 14.0 Å². The Morgan fingerprint density at radius 2 is 1.42 bits per heavy atom. The second-order valence-corrected chi connectivity index (χ2v) is 9.60. The minimum Gasteiger partial charge on any atom is -0.445 e. The molecule has 2 aliphatic rings. The maximum absolute atomic E-state index is 13.0. The van der Waals surface area contributed by atoms with Gasteiger partial charge in [-0.25, -0.2) is 4.79 Å². The summed E-state index contributed by atoms with van der Waals surface area (Å²) in [4.78, 5) is 14.6. The van der Waals surface area contributed by atoms with Gasteiger partial charge in [-0.1, -0.05) is 54.1 Å². The Hall–Kier alpha value is -2.31. The van der Waals surface area contributed by atoms with Crippen LogP contribution in [0.3, 0.4) is 0 Å². The van der Waals surface area contributed by atoms with Crippen molar-refractivity contribution in [1.29, 1.82) is 0 Å². The second kappa shape index (κ2) is 9.51. The van der Waals surface area contributed by atoms with Gasteiger partial charge in [0.2, 0.25) is 0 Å². The van der Waals surface area contributed by atoms with Crippen LogP contribution in [0.5, 0.6) is 0 Å². The van der Waals surface area contributed by atoms with E-state index in [1.165, 1.54) is 5.56 Å². The molecule has 5 nitrogen and oxygen atoms in total. The van der Waals surface area contributed by atoms with Crippen molar-refractivity contribution in [3.8, 4) is 0 Å². The molecular weight excluding hydrogens is 413 g/mol. The minimum atomic E-state index is -0.408. The molecule has 0 aromatic heterocycles. The van der Waals surface area contributed by atoms with Crippen LogP contribution >= 0.6 is 0 Å². The number of carbonyl (C=O) groups excluding carboxylic acids is 1. The highest BCUT2D eigenvalue weighted by molar-refractivity contribution is 6.62. The summed E-state index contributed by atoms with van der Waals surface area (Å²) in [5.74, 6) is 0. The van der Waals surface area contributed by atoms with Gasteiger partial charge in [-0.2, -0.15) is 0 Å². The zero-order valence-electron chi connectivity index (χ0n) is 20.0. The van der Waals surface area contributed by atoms with Crippen LogP contribution in [0.2, 0.25) is 0 Å². The number of carbonyl (C=O) groups is 1. The normalized spacial score (nSPS) is 19.6. The molecule has 1 saturated carbocycles. The highest BCUT2D eigenvalue weighted by Crippen LogP contribution is 2.36. The van der Waals surface area contributed by atoms with Gasteiger partial charge in [0.1, 0.15) is 6.61 Å². The van der Waals surface area contributed by atoms with Gasteiger partial charge in [0.15, 0.2) is 0 Å². The van der Waals surface area contributed by atoms with Crippen molar-refractivity contribution >= 4 is 18.7 Å². The fraction of sp³-hybridized carbons (Fsp3) is 0.333. The summed E-state index contributed by atoms with van der Waals surface area (Å²) in [7, 11) is -0.408. The fourth-order valence-corrected chi connectivity index (χ4v) is 3.65. The van der Waals surface area contributed by atoms with Gasteiger partial charge in [-0.3, -0.25) is 4.90 Å². The molecule has 0 spiro atoms. The maximum Gasteiger partial charge on any atom is 0.494 e. The van der Waals surface area contributed by atoms with Crippen LogP contribution in [0.15, 0.2) is 48.5 Å². The molecule has 2 aromatic rings. The number of nitrogens with zero attached hydrogens (tertiary/aromatic N) is 1. The summed E-state index contributed by atoms with van der Waals surface area (Å²) in [6.45, 7) is 10.8. The Morgan fingerprint density at radius 3 is 2.00 bits per heavy atom. The fourth-order valence-electron chi connectivity index (χ4n) is 3.65. The highest BCUT2D eigenvalue weighted by Gasteiger charge is 2.51. The molecule has 4 rings (SSSR count). The van der Waals surface area contributed by atoms with E-state index in [1.807, 2.05) is 109 Å². The first-order chi connectivity index (χ1) is 15.6. The Balaban J connectivity index is 1.37. The van der Waals surface area contributed by atoms with Crippen molar-refractivity contribution in [2.75, 3.05) is 0 Å². The van der Waals surface area contributed by atoms with Crippen molar-refractivity contribution in [3.05, 3.63) is 96.9 Å². The maximum atomic E-state index is 13.0. The van der Waals surface area contributed by atoms with Crippen LogP contribution in [0, 0.1) is 38.6 Å². The van der Waals surface area contributed by atoms with Crippen molar-refractivity contribution in [2.24, 2.45) is 0 Å². The quantitative estimate of drug-likeness (QED) is 0.601. The molecule has 0 atom stereocenters. The molecule has 171 valence electrons. The highest BCUT2D eigenvalue weighted by atomic mass is 16.7. The molecule has 0 unspecified atom stereocenters. The van der Waals surface area contributed by atoms with Crippen LogP contribution in [-0.2, 0) is 27.2 Å². The Kier molecular flexibility index (Phi) is 6.87. The van der Waals surface area contributed by atoms with Crippen LogP contribution in [0.1, 0.15) is 44.4 Å². The number of hydrogen-bond acceptors (Lipinski definition) is 4. The molecule has 1 amide bonds. The van der Waals surface area contributed by atoms with Crippen LogP contribution in [-0.4, -0.2) is 29.3 Å². The average Bonchev–Trinajstić information content (AvgIpc) is 3.38. The summed E-state index contributed by atoms with van der Waals surface area (Å²) in [5.41, 5.74) is 3.32. The monoisotopic (exact) mass is 444 g/mol. The summed E-state index contributed by atoms with van der Waals surface area (Å²) in [5, 5.41) is 0. The number of hydrogen-bond donors (Lipinski definition) is 0.